The van der Waals surface area contributed by atoms with Crippen LogP contribution in [0.5, 0.6) is 0 Å². The van der Waals surface area contributed by atoms with E-state index in [1.165, 1.54) is 0 Å². The second-order valence-corrected chi connectivity index (χ2v) is 2.85. The topological polar surface area (TPSA) is 55.6 Å². The first-order valence-corrected chi connectivity index (χ1v) is 3.77. The fraction of sp³-hybridized carbons (Fsp3) is 0.857. The molecule has 0 bridgehead atoms. The van der Waals surface area contributed by atoms with Crippen molar-refractivity contribution < 1.29 is 9.53 Å². The number of Topliss-reactive ketones (excluding diaryl/α,β-unsaturated/α-hetero) is 1. The first kappa shape index (κ1) is 8.64. The maximum atomic E-state index is 10.7. The lowest BCUT2D eigenvalue weighted by Gasteiger charge is -2.29. The summed E-state index contributed by atoms with van der Waals surface area (Å²) in [5.74, 6) is 0.180. The van der Waals surface area contributed by atoms with E-state index in [4.69, 9.17) is 10.5 Å². The van der Waals surface area contributed by atoms with Crippen LogP contribution in [0.1, 0.15) is 6.92 Å². The number of nitrogens with zero attached hydrogens (tertiary/aromatic N) is 1. The Bertz CT molecular complexity index is 149. The fourth-order valence-electron chi connectivity index (χ4n) is 1.19. The Kier molecular flexibility index (Phi) is 2.99. The van der Waals surface area contributed by atoms with Crippen molar-refractivity contribution in [2.24, 2.45) is 5.73 Å². The van der Waals surface area contributed by atoms with E-state index in [1.807, 2.05) is 4.90 Å². The molecule has 1 rings (SSSR count). The number of morpholine rings is 1. The maximum Gasteiger partial charge on any atom is 0.143 e. The van der Waals surface area contributed by atoms with Gasteiger partial charge in [-0.05, 0) is 6.92 Å². The molecule has 1 fully saturated rings. The highest BCUT2D eigenvalue weighted by Gasteiger charge is 2.17. The molecule has 0 amide bonds. The summed E-state index contributed by atoms with van der Waals surface area (Å²) in [6.07, 6.45) is -0.219. The van der Waals surface area contributed by atoms with Crippen molar-refractivity contribution in [1.29, 1.82) is 0 Å². The van der Waals surface area contributed by atoms with Gasteiger partial charge in [-0.2, -0.15) is 0 Å². The van der Waals surface area contributed by atoms with Gasteiger partial charge in [0.05, 0.1) is 13.2 Å². The fourth-order valence-corrected chi connectivity index (χ4v) is 1.19. The van der Waals surface area contributed by atoms with Gasteiger partial charge in [0, 0.05) is 13.1 Å². The van der Waals surface area contributed by atoms with Gasteiger partial charge in [-0.1, -0.05) is 0 Å². The first-order chi connectivity index (χ1) is 5.18. The SMILES string of the molecule is CC(=O)CN1CCOC(N)C1. The summed E-state index contributed by atoms with van der Waals surface area (Å²) in [5.41, 5.74) is 5.53. The zero-order valence-corrected chi connectivity index (χ0v) is 6.75. The predicted octanol–water partition coefficient (Wildman–Crippen LogP) is -0.808. The number of rotatable bonds is 2. The Labute approximate surface area is 66.3 Å². The Morgan fingerprint density at radius 3 is 3.09 bits per heavy atom. The van der Waals surface area contributed by atoms with Gasteiger partial charge in [-0.25, -0.2) is 0 Å². The first-order valence-electron chi connectivity index (χ1n) is 3.77. The molecule has 11 heavy (non-hydrogen) atoms. The number of hydrogen-bond acceptors (Lipinski definition) is 4. The third kappa shape index (κ3) is 2.96. The minimum atomic E-state index is -0.219. The van der Waals surface area contributed by atoms with Crippen LogP contribution in [-0.2, 0) is 9.53 Å². The molecule has 1 aliphatic rings. The molecule has 4 nitrogen and oxygen atoms in total. The van der Waals surface area contributed by atoms with Crippen molar-refractivity contribution >= 4 is 5.78 Å². The van der Waals surface area contributed by atoms with Crippen molar-refractivity contribution in [3.05, 3.63) is 0 Å². The van der Waals surface area contributed by atoms with E-state index in [0.29, 0.717) is 19.7 Å². The molecule has 0 aliphatic carbocycles. The zero-order chi connectivity index (χ0) is 8.27. The van der Waals surface area contributed by atoms with Crippen LogP contribution in [0.2, 0.25) is 0 Å². The molecule has 0 saturated carbocycles. The molecule has 4 heteroatoms. The van der Waals surface area contributed by atoms with Gasteiger partial charge in [-0.3, -0.25) is 9.69 Å². The molecular formula is C7H14N2O2. The summed E-state index contributed by atoms with van der Waals surface area (Å²) in [6, 6.07) is 0. The van der Waals surface area contributed by atoms with Gasteiger partial charge in [0.2, 0.25) is 0 Å². The Hall–Kier alpha value is -0.450. The summed E-state index contributed by atoms with van der Waals surface area (Å²) in [5, 5.41) is 0. The number of carbonyl (C=O) groups is 1. The number of nitrogens with two attached hydrogens (primary N) is 1. The summed E-state index contributed by atoms with van der Waals surface area (Å²) >= 11 is 0. The van der Waals surface area contributed by atoms with Gasteiger partial charge in [0.15, 0.2) is 0 Å². The van der Waals surface area contributed by atoms with Crippen LogP contribution in [0.15, 0.2) is 0 Å². The lowest BCUT2D eigenvalue weighted by molar-refractivity contribution is -0.120. The predicted molar refractivity (Wildman–Crippen MR) is 41.0 cm³/mol. The number of ketones is 1. The lowest BCUT2D eigenvalue weighted by atomic mass is 10.3. The second-order valence-electron chi connectivity index (χ2n) is 2.85. The summed E-state index contributed by atoms with van der Waals surface area (Å²) in [6.45, 7) is 4.19. The Morgan fingerprint density at radius 1 is 1.82 bits per heavy atom. The van der Waals surface area contributed by atoms with Crippen molar-refractivity contribution in [2.75, 3.05) is 26.2 Å². The third-order valence-corrected chi connectivity index (χ3v) is 1.62. The molecule has 0 aromatic rings. The van der Waals surface area contributed by atoms with Crippen molar-refractivity contribution in [1.82, 2.24) is 4.90 Å². The van der Waals surface area contributed by atoms with Crippen LogP contribution in [0, 0.1) is 0 Å². The van der Waals surface area contributed by atoms with Crippen LogP contribution in [-0.4, -0.2) is 43.2 Å². The van der Waals surface area contributed by atoms with Crippen LogP contribution >= 0.6 is 0 Å². The molecular weight excluding hydrogens is 144 g/mol. The molecule has 1 heterocycles. The molecule has 1 unspecified atom stereocenters. The minimum absolute atomic E-state index is 0.180. The smallest absolute Gasteiger partial charge is 0.143 e. The van der Waals surface area contributed by atoms with E-state index >= 15 is 0 Å². The minimum Gasteiger partial charge on any atom is -0.361 e. The Morgan fingerprint density at radius 2 is 2.55 bits per heavy atom. The average Bonchev–Trinajstić information content (AvgIpc) is 1.85. The van der Waals surface area contributed by atoms with Gasteiger partial charge in [0.25, 0.3) is 0 Å². The van der Waals surface area contributed by atoms with Crippen molar-refractivity contribution in [3.63, 3.8) is 0 Å². The normalized spacial score (nSPS) is 26.9. The molecule has 1 atom stereocenters. The van der Waals surface area contributed by atoms with E-state index in [9.17, 15) is 4.79 Å². The number of carbonyl (C=O) groups excluding carboxylic acids is 1. The monoisotopic (exact) mass is 158 g/mol. The van der Waals surface area contributed by atoms with Gasteiger partial charge >= 0.3 is 0 Å². The molecule has 0 aromatic carbocycles. The van der Waals surface area contributed by atoms with Crippen LogP contribution in [0.3, 0.4) is 0 Å². The highest BCUT2D eigenvalue weighted by Crippen LogP contribution is 1.99. The zero-order valence-electron chi connectivity index (χ0n) is 6.75. The quantitative estimate of drug-likeness (QED) is 0.571. The van der Waals surface area contributed by atoms with E-state index in [0.717, 1.165) is 6.54 Å². The van der Waals surface area contributed by atoms with E-state index in [-0.39, 0.29) is 12.0 Å². The lowest BCUT2D eigenvalue weighted by Crippen LogP contribution is -2.47. The van der Waals surface area contributed by atoms with Gasteiger partial charge in [-0.15, -0.1) is 0 Å². The van der Waals surface area contributed by atoms with Crippen molar-refractivity contribution in [3.8, 4) is 0 Å². The highest BCUT2D eigenvalue weighted by atomic mass is 16.5. The van der Waals surface area contributed by atoms with Crippen molar-refractivity contribution in [2.45, 2.75) is 13.2 Å². The molecule has 0 radical (unpaired) electrons. The van der Waals surface area contributed by atoms with Crippen LogP contribution < -0.4 is 5.73 Å². The van der Waals surface area contributed by atoms with Gasteiger partial charge in [0.1, 0.15) is 12.0 Å². The molecule has 64 valence electrons. The summed E-state index contributed by atoms with van der Waals surface area (Å²) in [4.78, 5) is 12.7. The molecule has 0 aromatic heterocycles. The molecule has 0 spiro atoms. The third-order valence-electron chi connectivity index (χ3n) is 1.62. The Balaban J connectivity index is 2.28. The number of ether oxygens (including phenoxy) is 1. The van der Waals surface area contributed by atoms with E-state index in [1.54, 1.807) is 6.92 Å². The second kappa shape index (κ2) is 3.80. The maximum absolute atomic E-state index is 10.7. The van der Waals surface area contributed by atoms with E-state index in [2.05, 4.69) is 0 Å². The molecule has 1 aliphatic heterocycles. The summed E-state index contributed by atoms with van der Waals surface area (Å²) < 4.78 is 5.11. The van der Waals surface area contributed by atoms with E-state index < -0.39 is 0 Å². The van der Waals surface area contributed by atoms with Crippen LogP contribution in [0.4, 0.5) is 0 Å². The largest absolute Gasteiger partial charge is 0.361 e. The summed E-state index contributed by atoms with van der Waals surface area (Å²) in [7, 11) is 0. The van der Waals surface area contributed by atoms with Crippen LogP contribution in [0.25, 0.3) is 0 Å². The highest BCUT2D eigenvalue weighted by molar-refractivity contribution is 5.77. The number of hydrogen-bond donors (Lipinski definition) is 1. The molecule has 2 N–H and O–H groups in total. The van der Waals surface area contributed by atoms with Gasteiger partial charge < -0.3 is 10.5 Å². The molecule has 1 saturated heterocycles. The average molecular weight is 158 g/mol. The standard InChI is InChI=1S/C7H14N2O2/c1-6(10)4-9-2-3-11-7(8)5-9/h7H,2-5,8H2,1H3.